The molecule has 0 saturated heterocycles. The summed E-state index contributed by atoms with van der Waals surface area (Å²) in [6, 6.07) is 1.36. The lowest BCUT2D eigenvalue weighted by Gasteiger charge is -1.90. The number of aromatic carboxylic acids is 1. The molecule has 0 aromatic carbocycles. The molecule has 0 aliphatic heterocycles. The second-order valence-electron chi connectivity index (χ2n) is 2.51. The van der Waals surface area contributed by atoms with Crippen LogP contribution in [0.25, 0.3) is 11.2 Å². The molecule has 0 aliphatic carbocycles. The van der Waals surface area contributed by atoms with Gasteiger partial charge in [-0.1, -0.05) is 5.21 Å². The van der Waals surface area contributed by atoms with Gasteiger partial charge in [0.05, 0.1) is 0 Å². The monoisotopic (exact) mass is 181 g/mol. The van der Waals surface area contributed by atoms with E-state index in [-0.39, 0.29) is 5.76 Å². The Morgan fingerprint density at radius 3 is 3.15 bits per heavy atom. The summed E-state index contributed by atoms with van der Waals surface area (Å²) in [5.74, 6) is -1.21. The maximum atomic E-state index is 10.5. The molecule has 0 bridgehead atoms. The summed E-state index contributed by atoms with van der Waals surface area (Å²) >= 11 is 0. The van der Waals surface area contributed by atoms with Gasteiger partial charge in [0.25, 0.3) is 0 Å². The van der Waals surface area contributed by atoms with Gasteiger partial charge >= 0.3 is 5.97 Å². The van der Waals surface area contributed by atoms with Crippen molar-refractivity contribution in [3.05, 3.63) is 11.8 Å². The molecule has 68 valence electrons. The third-order valence-corrected chi connectivity index (χ3v) is 1.70. The summed E-state index contributed by atoms with van der Waals surface area (Å²) in [7, 11) is 0. The number of aryl methyl sites for hydroxylation is 1. The van der Waals surface area contributed by atoms with Crippen molar-refractivity contribution in [3.63, 3.8) is 0 Å². The van der Waals surface area contributed by atoms with E-state index in [1.165, 1.54) is 10.7 Å². The zero-order valence-electron chi connectivity index (χ0n) is 6.89. The Hall–Kier alpha value is -1.85. The molecule has 0 radical (unpaired) electrons. The molecule has 2 heterocycles. The van der Waals surface area contributed by atoms with Gasteiger partial charge in [0.15, 0.2) is 5.52 Å². The molecule has 0 spiro atoms. The highest BCUT2D eigenvalue weighted by Gasteiger charge is 2.14. The molecule has 6 heteroatoms. The Bertz CT molecular complexity index is 456. The maximum Gasteiger partial charge on any atom is 0.371 e. The second-order valence-corrected chi connectivity index (χ2v) is 2.51. The van der Waals surface area contributed by atoms with Crippen LogP contribution in [0.5, 0.6) is 0 Å². The van der Waals surface area contributed by atoms with E-state index in [1.807, 2.05) is 6.92 Å². The lowest BCUT2D eigenvalue weighted by molar-refractivity contribution is 0.0664. The average molecular weight is 181 g/mol. The van der Waals surface area contributed by atoms with Crippen molar-refractivity contribution < 1.29 is 14.3 Å². The number of hydrogen-bond donors (Lipinski definition) is 1. The zero-order chi connectivity index (χ0) is 9.42. The number of aromatic nitrogens is 3. The van der Waals surface area contributed by atoms with Crippen LogP contribution >= 0.6 is 0 Å². The summed E-state index contributed by atoms with van der Waals surface area (Å²) in [6.07, 6.45) is 0. The van der Waals surface area contributed by atoms with Crippen molar-refractivity contribution in [2.24, 2.45) is 0 Å². The van der Waals surface area contributed by atoms with E-state index >= 15 is 0 Å². The first-order valence-electron chi connectivity index (χ1n) is 3.78. The lowest BCUT2D eigenvalue weighted by atomic mass is 10.4. The molecule has 2 rings (SSSR count). The topological polar surface area (TPSA) is 81.2 Å². The molecule has 0 amide bonds. The molecular formula is C7H7N3O3. The predicted molar refractivity (Wildman–Crippen MR) is 42.4 cm³/mol. The predicted octanol–water partition coefficient (Wildman–Crippen LogP) is 0.742. The largest absolute Gasteiger partial charge is 0.475 e. The Balaban J connectivity index is 2.63. The van der Waals surface area contributed by atoms with E-state index in [2.05, 4.69) is 10.3 Å². The fourth-order valence-corrected chi connectivity index (χ4v) is 1.08. The van der Waals surface area contributed by atoms with Gasteiger partial charge in [-0.3, -0.25) is 0 Å². The Morgan fingerprint density at radius 2 is 2.54 bits per heavy atom. The number of fused-ring (bicyclic) bond motifs is 1. The Kier molecular flexibility index (Phi) is 1.54. The number of furan rings is 1. The minimum absolute atomic E-state index is 0.109. The van der Waals surface area contributed by atoms with Gasteiger partial charge in [-0.2, -0.15) is 0 Å². The highest BCUT2D eigenvalue weighted by molar-refractivity contribution is 5.89. The molecule has 0 fully saturated rings. The molecule has 0 saturated carbocycles. The van der Waals surface area contributed by atoms with Crippen LogP contribution in [0.3, 0.4) is 0 Å². The average Bonchev–Trinajstić information content (AvgIpc) is 2.60. The molecule has 13 heavy (non-hydrogen) atoms. The molecule has 1 N–H and O–H groups in total. The van der Waals surface area contributed by atoms with E-state index in [9.17, 15) is 4.79 Å². The van der Waals surface area contributed by atoms with E-state index in [0.717, 1.165) is 0 Å². The first-order chi connectivity index (χ1) is 6.22. The third-order valence-electron chi connectivity index (χ3n) is 1.70. The van der Waals surface area contributed by atoms with Crippen LogP contribution in [0.2, 0.25) is 0 Å². The van der Waals surface area contributed by atoms with Gasteiger partial charge in [-0.25, -0.2) is 9.48 Å². The van der Waals surface area contributed by atoms with Crippen molar-refractivity contribution in [1.29, 1.82) is 0 Å². The standard InChI is InChI=1S/C7H7N3O3/c1-2-10-6-4(8-9-10)3-5(13-6)7(11)12/h3H,2H2,1H3,(H,11,12). The fourth-order valence-electron chi connectivity index (χ4n) is 1.08. The maximum absolute atomic E-state index is 10.5. The summed E-state index contributed by atoms with van der Waals surface area (Å²) in [4.78, 5) is 10.5. The van der Waals surface area contributed by atoms with Crippen molar-refractivity contribution in [3.8, 4) is 0 Å². The smallest absolute Gasteiger partial charge is 0.371 e. The highest BCUT2D eigenvalue weighted by Crippen LogP contribution is 2.16. The second kappa shape index (κ2) is 2.58. The Labute approximate surface area is 72.8 Å². The first-order valence-corrected chi connectivity index (χ1v) is 3.78. The van der Waals surface area contributed by atoms with E-state index < -0.39 is 5.97 Å². The van der Waals surface area contributed by atoms with E-state index in [1.54, 1.807) is 0 Å². The van der Waals surface area contributed by atoms with Crippen LogP contribution < -0.4 is 0 Å². The lowest BCUT2D eigenvalue weighted by Crippen LogP contribution is -1.97. The van der Waals surface area contributed by atoms with Crippen molar-refractivity contribution in [2.75, 3.05) is 0 Å². The first kappa shape index (κ1) is 7.78. The van der Waals surface area contributed by atoms with Gasteiger partial charge in [-0.15, -0.1) is 5.10 Å². The van der Waals surface area contributed by atoms with Gasteiger partial charge < -0.3 is 9.52 Å². The fraction of sp³-hybridized carbons (Fsp3) is 0.286. The van der Waals surface area contributed by atoms with Crippen LogP contribution in [0, 0.1) is 0 Å². The van der Waals surface area contributed by atoms with Crippen LogP contribution in [0.4, 0.5) is 0 Å². The molecule has 6 nitrogen and oxygen atoms in total. The number of carboxylic acids is 1. The van der Waals surface area contributed by atoms with Crippen LogP contribution in [-0.4, -0.2) is 26.1 Å². The van der Waals surface area contributed by atoms with Gasteiger partial charge in [-0.05, 0) is 6.92 Å². The summed E-state index contributed by atoms with van der Waals surface area (Å²) in [6.45, 7) is 2.47. The molecule has 2 aromatic heterocycles. The van der Waals surface area contributed by atoms with Crippen molar-refractivity contribution in [2.45, 2.75) is 13.5 Å². The van der Waals surface area contributed by atoms with Crippen LogP contribution in [0.1, 0.15) is 17.5 Å². The number of carbonyl (C=O) groups is 1. The van der Waals surface area contributed by atoms with Crippen molar-refractivity contribution in [1.82, 2.24) is 15.0 Å². The number of nitrogens with zero attached hydrogens (tertiary/aromatic N) is 3. The molecular weight excluding hydrogens is 174 g/mol. The summed E-state index contributed by atoms with van der Waals surface area (Å²) in [5, 5.41) is 16.1. The minimum Gasteiger partial charge on any atom is -0.475 e. The van der Waals surface area contributed by atoms with Gasteiger partial charge in [0, 0.05) is 12.6 Å². The zero-order valence-corrected chi connectivity index (χ0v) is 6.89. The van der Waals surface area contributed by atoms with Gasteiger partial charge in [0.2, 0.25) is 11.5 Å². The Morgan fingerprint density at radius 1 is 1.77 bits per heavy atom. The molecule has 2 aromatic rings. The quantitative estimate of drug-likeness (QED) is 0.738. The molecule has 0 atom stereocenters. The summed E-state index contributed by atoms with van der Waals surface area (Å²) < 4.78 is 6.53. The van der Waals surface area contributed by atoms with Crippen LogP contribution in [0.15, 0.2) is 10.5 Å². The number of rotatable bonds is 2. The molecule has 0 aliphatic rings. The van der Waals surface area contributed by atoms with E-state index in [4.69, 9.17) is 9.52 Å². The number of hydrogen-bond acceptors (Lipinski definition) is 4. The van der Waals surface area contributed by atoms with Crippen molar-refractivity contribution >= 4 is 17.2 Å². The highest BCUT2D eigenvalue weighted by atomic mass is 16.4. The van der Waals surface area contributed by atoms with Gasteiger partial charge in [0.1, 0.15) is 0 Å². The molecule has 0 unspecified atom stereocenters. The van der Waals surface area contributed by atoms with E-state index in [0.29, 0.717) is 17.8 Å². The summed E-state index contributed by atoms with van der Waals surface area (Å²) in [5.41, 5.74) is 0.874. The number of carboxylic acid groups (broad SMARTS) is 1. The SMILES string of the molecule is CCn1nnc2cc(C(=O)O)oc21. The normalized spacial score (nSPS) is 10.8. The third kappa shape index (κ3) is 1.07. The minimum atomic E-state index is -1.10. The van der Waals surface area contributed by atoms with Crippen LogP contribution in [-0.2, 0) is 6.54 Å².